The summed E-state index contributed by atoms with van der Waals surface area (Å²) in [4.78, 5) is 18.3. The molecule has 0 spiro atoms. The van der Waals surface area contributed by atoms with E-state index in [1.54, 1.807) is 18.2 Å². The Morgan fingerprint density at radius 3 is 2.87 bits per heavy atom. The molecule has 1 aromatic heterocycles. The lowest BCUT2D eigenvalue weighted by atomic mass is 10.0. The number of nitrogens with zero attached hydrogens (tertiary/aromatic N) is 3. The van der Waals surface area contributed by atoms with Gasteiger partial charge in [0.15, 0.2) is 0 Å². The summed E-state index contributed by atoms with van der Waals surface area (Å²) in [5.74, 6) is -3.28. The zero-order valence-corrected chi connectivity index (χ0v) is 17.5. The molecule has 2 aliphatic carbocycles. The molecule has 1 fully saturated rings. The van der Waals surface area contributed by atoms with Crippen LogP contribution < -0.4 is 0 Å². The Kier molecular flexibility index (Phi) is 6.07. The van der Waals surface area contributed by atoms with Crippen molar-refractivity contribution < 1.29 is 27.2 Å². The molecule has 0 N–H and O–H groups in total. The summed E-state index contributed by atoms with van der Waals surface area (Å²) < 4.78 is 50.6. The lowest BCUT2D eigenvalue weighted by Gasteiger charge is -2.22. The Morgan fingerprint density at radius 1 is 1.39 bits per heavy atom. The first-order chi connectivity index (χ1) is 14.7. The van der Waals surface area contributed by atoms with E-state index in [2.05, 4.69) is 10.1 Å². The van der Waals surface area contributed by atoms with Crippen LogP contribution in [0.5, 0.6) is 0 Å². The first kappa shape index (κ1) is 21.8. The van der Waals surface area contributed by atoms with E-state index in [4.69, 9.17) is 20.9 Å². The average Bonchev–Trinajstić information content (AvgIpc) is 3.33. The second-order valence-corrected chi connectivity index (χ2v) is 8.41. The lowest BCUT2D eigenvalue weighted by Crippen LogP contribution is -2.26. The second-order valence-electron chi connectivity index (χ2n) is 7.92. The first-order valence-electron chi connectivity index (χ1n) is 9.96. The summed E-state index contributed by atoms with van der Waals surface area (Å²) in [6.07, 6.45) is 7.36. The molecule has 1 saturated heterocycles. The number of hydrogen-bond acceptors (Lipinski definition) is 5. The summed E-state index contributed by atoms with van der Waals surface area (Å²) in [6.45, 7) is 0.412. The fourth-order valence-corrected chi connectivity index (χ4v) is 3.90. The van der Waals surface area contributed by atoms with Crippen LogP contribution in [0.4, 0.5) is 13.2 Å². The summed E-state index contributed by atoms with van der Waals surface area (Å²) in [7, 11) is 0. The molecule has 31 heavy (non-hydrogen) atoms. The highest BCUT2D eigenvalue weighted by Gasteiger charge is 2.37. The van der Waals surface area contributed by atoms with Crippen molar-refractivity contribution in [3.05, 3.63) is 52.6 Å². The normalized spacial score (nSPS) is 24.7. The maximum absolute atomic E-state index is 14.3. The van der Waals surface area contributed by atoms with Gasteiger partial charge in [0.05, 0.1) is 17.7 Å². The number of rotatable bonds is 6. The number of amides is 1. The molecule has 2 heterocycles. The van der Waals surface area contributed by atoms with Crippen molar-refractivity contribution in [1.82, 2.24) is 15.0 Å². The third kappa shape index (κ3) is 5.10. The van der Waals surface area contributed by atoms with E-state index in [1.807, 2.05) is 0 Å². The summed E-state index contributed by atoms with van der Waals surface area (Å²) in [5, 5.41) is 4.40. The Morgan fingerprint density at radius 2 is 2.19 bits per heavy atom. The van der Waals surface area contributed by atoms with Gasteiger partial charge in [-0.2, -0.15) is 4.98 Å². The number of carbonyl (C=O) groups is 1. The maximum Gasteiger partial charge on any atom is 0.268 e. The number of aromatic nitrogens is 2. The van der Waals surface area contributed by atoms with Gasteiger partial charge in [0.25, 0.3) is 5.92 Å². The molecule has 6 nitrogen and oxygen atoms in total. The van der Waals surface area contributed by atoms with Gasteiger partial charge in [0, 0.05) is 30.5 Å². The molecule has 166 valence electrons. The Labute approximate surface area is 182 Å². The van der Waals surface area contributed by atoms with Gasteiger partial charge in [0.2, 0.25) is 17.6 Å². The molecule has 0 aromatic carbocycles. The molecule has 0 saturated carbocycles. The summed E-state index contributed by atoms with van der Waals surface area (Å²) in [6, 6.07) is 0. The van der Waals surface area contributed by atoms with E-state index < -0.39 is 24.5 Å². The molecule has 3 aliphatic rings. The molecule has 0 bridgehead atoms. The van der Waals surface area contributed by atoms with Gasteiger partial charge in [-0.15, -0.1) is 0 Å². The van der Waals surface area contributed by atoms with Crippen LogP contribution >= 0.6 is 11.6 Å². The summed E-state index contributed by atoms with van der Waals surface area (Å²) >= 11 is 5.87. The number of hydrogen-bond donors (Lipinski definition) is 0. The molecular weight excluding hydrogens is 435 g/mol. The first-order valence-corrected chi connectivity index (χ1v) is 10.3. The highest BCUT2D eigenvalue weighted by atomic mass is 35.5. The van der Waals surface area contributed by atoms with Gasteiger partial charge in [-0.05, 0) is 25.3 Å². The molecule has 10 heteroatoms. The van der Waals surface area contributed by atoms with Gasteiger partial charge in [-0.1, -0.05) is 35.0 Å². The van der Waals surface area contributed by atoms with Crippen molar-refractivity contribution in [2.75, 3.05) is 13.2 Å². The molecule has 1 aromatic rings. The van der Waals surface area contributed by atoms with Crippen molar-refractivity contribution in [2.24, 2.45) is 0 Å². The molecule has 2 atom stereocenters. The van der Waals surface area contributed by atoms with E-state index in [0.29, 0.717) is 47.3 Å². The van der Waals surface area contributed by atoms with E-state index in [1.165, 1.54) is 11.0 Å². The smallest absolute Gasteiger partial charge is 0.268 e. The van der Waals surface area contributed by atoms with Crippen LogP contribution in [0.15, 0.2) is 45.4 Å². The number of alkyl halides is 2. The van der Waals surface area contributed by atoms with E-state index >= 15 is 0 Å². The maximum atomic E-state index is 14.3. The minimum absolute atomic E-state index is 0.145. The predicted molar refractivity (Wildman–Crippen MR) is 107 cm³/mol. The Bertz CT molecular complexity index is 993. The molecule has 0 radical (unpaired) electrons. The third-order valence-electron chi connectivity index (χ3n) is 5.27. The average molecular weight is 456 g/mol. The standard InChI is InChI=1S/C21H21ClF3N3O3/c1-21(24,25)11-30-15-5-2-12(3-6-15)19-26-20(31-27-19)13-8-18(29)28(10-13)17-7-4-14(22)9-16(17)23/h2-3,5,9,13,15H,4,6-8,10-11H2,1H3. The van der Waals surface area contributed by atoms with Crippen molar-refractivity contribution in [1.29, 1.82) is 0 Å². The number of ether oxygens (including phenoxy) is 1. The van der Waals surface area contributed by atoms with E-state index in [-0.39, 0.29) is 24.8 Å². The lowest BCUT2D eigenvalue weighted by molar-refractivity contribution is -0.126. The highest BCUT2D eigenvalue weighted by molar-refractivity contribution is 6.29. The van der Waals surface area contributed by atoms with E-state index in [0.717, 1.165) is 6.92 Å². The molecule has 4 rings (SSSR count). The largest absolute Gasteiger partial charge is 0.368 e. The SMILES string of the molecule is CC(F)(F)COC1C=CC(c2noc(C3CC(=O)N(C4=C(F)C=C(Cl)CC4)C3)n2)=CC1. The number of halogens is 4. The second kappa shape index (κ2) is 8.63. The number of likely N-dealkylation sites (tertiary alicyclic amines) is 1. The topological polar surface area (TPSA) is 68.5 Å². The Balaban J connectivity index is 1.40. The summed E-state index contributed by atoms with van der Waals surface area (Å²) in [5.41, 5.74) is 1.01. The molecule has 1 aliphatic heterocycles. The number of allylic oxidation sites excluding steroid dienone is 6. The van der Waals surface area contributed by atoms with Crippen LogP contribution in [0, 0.1) is 0 Å². The van der Waals surface area contributed by atoms with Gasteiger partial charge in [-0.25, -0.2) is 13.2 Å². The third-order valence-corrected chi connectivity index (χ3v) is 5.57. The monoisotopic (exact) mass is 455 g/mol. The van der Waals surface area contributed by atoms with Crippen molar-refractivity contribution in [2.45, 2.75) is 50.6 Å². The van der Waals surface area contributed by atoms with Crippen LogP contribution in [-0.2, 0) is 9.53 Å². The van der Waals surface area contributed by atoms with Crippen LogP contribution in [0.1, 0.15) is 50.2 Å². The van der Waals surface area contributed by atoms with Crippen LogP contribution in [0.25, 0.3) is 5.57 Å². The van der Waals surface area contributed by atoms with Crippen LogP contribution in [-0.4, -0.2) is 46.1 Å². The van der Waals surface area contributed by atoms with Crippen molar-refractivity contribution in [3.8, 4) is 0 Å². The van der Waals surface area contributed by atoms with Crippen molar-refractivity contribution >= 4 is 23.1 Å². The highest BCUT2D eigenvalue weighted by Crippen LogP contribution is 2.36. The molecule has 2 unspecified atom stereocenters. The zero-order valence-electron chi connectivity index (χ0n) is 16.8. The van der Waals surface area contributed by atoms with Gasteiger partial charge >= 0.3 is 0 Å². The fourth-order valence-electron chi connectivity index (χ4n) is 3.71. The minimum atomic E-state index is -2.88. The fraction of sp³-hybridized carbons (Fsp3) is 0.476. The van der Waals surface area contributed by atoms with Crippen molar-refractivity contribution in [3.63, 3.8) is 0 Å². The minimum Gasteiger partial charge on any atom is -0.368 e. The van der Waals surface area contributed by atoms with E-state index in [9.17, 15) is 18.0 Å². The predicted octanol–water partition coefficient (Wildman–Crippen LogP) is 4.87. The quantitative estimate of drug-likeness (QED) is 0.612. The van der Waals surface area contributed by atoms with Crippen LogP contribution in [0.3, 0.4) is 0 Å². The van der Waals surface area contributed by atoms with Crippen LogP contribution in [0.2, 0.25) is 0 Å². The molecular formula is C21H21ClF3N3O3. The van der Waals surface area contributed by atoms with Gasteiger partial charge < -0.3 is 14.2 Å². The number of carbonyl (C=O) groups excluding carboxylic acids is 1. The van der Waals surface area contributed by atoms with Gasteiger partial charge in [-0.3, -0.25) is 4.79 Å². The Hall–Kier alpha value is -2.39. The van der Waals surface area contributed by atoms with Gasteiger partial charge in [0.1, 0.15) is 12.4 Å². The molecule has 1 amide bonds. The zero-order chi connectivity index (χ0) is 22.2.